The van der Waals surface area contributed by atoms with Crippen LogP contribution in [0.25, 0.3) is 0 Å². The summed E-state index contributed by atoms with van der Waals surface area (Å²) in [6, 6.07) is 9.45. The molecular formula is C14H19NO2. The molecule has 0 radical (unpaired) electrons. The summed E-state index contributed by atoms with van der Waals surface area (Å²) in [5.41, 5.74) is 0.700. The highest BCUT2D eigenvalue weighted by molar-refractivity contribution is 5.94. The van der Waals surface area contributed by atoms with Gasteiger partial charge in [0, 0.05) is 11.6 Å². The fraction of sp³-hybridized carbons (Fsp3) is 0.500. The van der Waals surface area contributed by atoms with E-state index in [2.05, 4.69) is 12.2 Å². The number of benzene rings is 1. The lowest BCUT2D eigenvalue weighted by Gasteiger charge is -2.32. The van der Waals surface area contributed by atoms with Crippen molar-refractivity contribution < 1.29 is 9.90 Å². The molecule has 3 atom stereocenters. The molecule has 1 fully saturated rings. The van der Waals surface area contributed by atoms with Gasteiger partial charge in [0.1, 0.15) is 0 Å². The minimum atomic E-state index is -0.199. The van der Waals surface area contributed by atoms with Crippen LogP contribution in [0.15, 0.2) is 30.3 Å². The van der Waals surface area contributed by atoms with E-state index >= 15 is 0 Å². The lowest BCUT2D eigenvalue weighted by atomic mass is 9.84. The first kappa shape index (κ1) is 12.1. The summed E-state index contributed by atoms with van der Waals surface area (Å²) >= 11 is 0. The van der Waals surface area contributed by atoms with Crippen LogP contribution in [0.5, 0.6) is 0 Å². The molecule has 1 aromatic rings. The van der Waals surface area contributed by atoms with Crippen molar-refractivity contribution in [3.05, 3.63) is 35.9 Å². The zero-order valence-electron chi connectivity index (χ0n) is 10.1. The van der Waals surface area contributed by atoms with Gasteiger partial charge in [-0.2, -0.15) is 0 Å². The Morgan fingerprint density at radius 1 is 1.29 bits per heavy atom. The molecule has 3 nitrogen and oxygen atoms in total. The van der Waals surface area contributed by atoms with Crippen LogP contribution in [0.4, 0.5) is 0 Å². The van der Waals surface area contributed by atoms with Gasteiger partial charge in [-0.3, -0.25) is 4.79 Å². The maximum absolute atomic E-state index is 12.0. The van der Waals surface area contributed by atoms with Crippen LogP contribution in [0.3, 0.4) is 0 Å². The van der Waals surface area contributed by atoms with Crippen molar-refractivity contribution in [2.75, 3.05) is 0 Å². The number of carbonyl (C=O) groups excluding carboxylic acids is 1. The van der Waals surface area contributed by atoms with Crippen molar-refractivity contribution in [3.63, 3.8) is 0 Å². The molecule has 92 valence electrons. The standard InChI is InChI=1S/C14H19NO2/c1-10-9-12(16)7-8-13(10)15-14(17)11-5-3-2-4-6-11/h2-6,10,12-13,16H,7-9H2,1H3,(H,15,17). The van der Waals surface area contributed by atoms with Crippen LogP contribution >= 0.6 is 0 Å². The first-order valence-corrected chi connectivity index (χ1v) is 6.21. The summed E-state index contributed by atoms with van der Waals surface area (Å²) in [6.45, 7) is 2.08. The Morgan fingerprint density at radius 2 is 2.00 bits per heavy atom. The molecule has 2 N–H and O–H groups in total. The summed E-state index contributed by atoms with van der Waals surface area (Å²) in [5, 5.41) is 12.6. The minimum absolute atomic E-state index is 0.0150. The number of nitrogens with one attached hydrogen (secondary N) is 1. The molecule has 2 rings (SSSR count). The fourth-order valence-electron chi connectivity index (χ4n) is 2.42. The number of amides is 1. The molecule has 3 heteroatoms. The number of aliphatic hydroxyl groups is 1. The van der Waals surface area contributed by atoms with Gasteiger partial charge < -0.3 is 10.4 Å². The van der Waals surface area contributed by atoms with Crippen LogP contribution in [0.2, 0.25) is 0 Å². The lowest BCUT2D eigenvalue weighted by Crippen LogP contribution is -2.43. The van der Waals surface area contributed by atoms with Crippen molar-refractivity contribution in [3.8, 4) is 0 Å². The number of carbonyl (C=O) groups is 1. The van der Waals surface area contributed by atoms with E-state index in [1.54, 1.807) is 0 Å². The molecule has 0 aromatic heterocycles. The molecule has 1 saturated carbocycles. The average molecular weight is 233 g/mol. The maximum Gasteiger partial charge on any atom is 0.251 e. The van der Waals surface area contributed by atoms with Crippen molar-refractivity contribution >= 4 is 5.91 Å². The average Bonchev–Trinajstić information content (AvgIpc) is 2.34. The summed E-state index contributed by atoms with van der Waals surface area (Å²) in [7, 11) is 0. The second-order valence-corrected chi connectivity index (χ2v) is 4.89. The number of hydrogen-bond acceptors (Lipinski definition) is 2. The van der Waals surface area contributed by atoms with E-state index in [9.17, 15) is 9.90 Å². The van der Waals surface area contributed by atoms with E-state index < -0.39 is 0 Å². The zero-order valence-corrected chi connectivity index (χ0v) is 10.1. The predicted octanol–water partition coefficient (Wildman–Crippen LogP) is 1.97. The third kappa shape index (κ3) is 3.07. The number of aliphatic hydroxyl groups excluding tert-OH is 1. The van der Waals surface area contributed by atoms with Gasteiger partial charge in [0.25, 0.3) is 5.91 Å². The summed E-state index contributed by atoms with van der Waals surface area (Å²) < 4.78 is 0. The van der Waals surface area contributed by atoms with Crippen molar-refractivity contribution in [2.45, 2.75) is 38.3 Å². The van der Waals surface area contributed by atoms with E-state index in [1.165, 1.54) is 0 Å². The molecule has 0 bridgehead atoms. The molecule has 17 heavy (non-hydrogen) atoms. The second-order valence-electron chi connectivity index (χ2n) is 4.89. The van der Waals surface area contributed by atoms with Gasteiger partial charge in [-0.1, -0.05) is 25.1 Å². The highest BCUT2D eigenvalue weighted by Gasteiger charge is 2.27. The van der Waals surface area contributed by atoms with Gasteiger partial charge >= 0.3 is 0 Å². The molecule has 1 amide bonds. The van der Waals surface area contributed by atoms with Crippen LogP contribution in [-0.4, -0.2) is 23.2 Å². The highest BCUT2D eigenvalue weighted by atomic mass is 16.3. The molecule has 0 aliphatic heterocycles. The second kappa shape index (κ2) is 5.32. The van der Waals surface area contributed by atoms with Gasteiger partial charge in [-0.15, -0.1) is 0 Å². The molecule has 1 aliphatic carbocycles. The predicted molar refractivity (Wildman–Crippen MR) is 66.7 cm³/mol. The normalized spacial score (nSPS) is 28.7. The Hall–Kier alpha value is -1.35. The van der Waals surface area contributed by atoms with Crippen LogP contribution < -0.4 is 5.32 Å². The SMILES string of the molecule is CC1CC(O)CCC1NC(=O)c1ccccc1. The van der Waals surface area contributed by atoms with Crippen molar-refractivity contribution in [1.29, 1.82) is 0 Å². The lowest BCUT2D eigenvalue weighted by molar-refractivity contribution is 0.0741. The van der Waals surface area contributed by atoms with Gasteiger partial charge in [0.2, 0.25) is 0 Å². The molecule has 3 unspecified atom stereocenters. The number of rotatable bonds is 2. The quantitative estimate of drug-likeness (QED) is 0.820. The Labute approximate surface area is 102 Å². The third-order valence-corrected chi connectivity index (χ3v) is 3.49. The molecule has 0 heterocycles. The Kier molecular flexibility index (Phi) is 3.79. The fourth-order valence-corrected chi connectivity index (χ4v) is 2.42. The Morgan fingerprint density at radius 3 is 2.65 bits per heavy atom. The van der Waals surface area contributed by atoms with E-state index in [1.807, 2.05) is 30.3 Å². The molecule has 1 aromatic carbocycles. The summed E-state index contributed by atoms with van der Waals surface area (Å²) in [6.07, 6.45) is 2.22. The van der Waals surface area contributed by atoms with E-state index in [-0.39, 0.29) is 18.1 Å². The van der Waals surface area contributed by atoms with E-state index in [0.717, 1.165) is 19.3 Å². The molecular weight excluding hydrogens is 214 g/mol. The highest BCUT2D eigenvalue weighted by Crippen LogP contribution is 2.24. The van der Waals surface area contributed by atoms with Gasteiger partial charge in [0.15, 0.2) is 0 Å². The van der Waals surface area contributed by atoms with Gasteiger partial charge in [0.05, 0.1) is 6.10 Å². The molecule has 0 saturated heterocycles. The van der Waals surface area contributed by atoms with Crippen LogP contribution in [0.1, 0.15) is 36.5 Å². The monoisotopic (exact) mass is 233 g/mol. The first-order valence-electron chi connectivity index (χ1n) is 6.21. The zero-order chi connectivity index (χ0) is 12.3. The Bertz CT molecular complexity index is 377. The first-order chi connectivity index (χ1) is 8.16. The largest absolute Gasteiger partial charge is 0.393 e. The topological polar surface area (TPSA) is 49.3 Å². The maximum atomic E-state index is 12.0. The van der Waals surface area contributed by atoms with Crippen molar-refractivity contribution in [1.82, 2.24) is 5.32 Å². The smallest absolute Gasteiger partial charge is 0.251 e. The van der Waals surface area contributed by atoms with Gasteiger partial charge in [-0.25, -0.2) is 0 Å². The Balaban J connectivity index is 1.95. The van der Waals surface area contributed by atoms with E-state index in [0.29, 0.717) is 11.5 Å². The minimum Gasteiger partial charge on any atom is -0.393 e. The summed E-state index contributed by atoms with van der Waals surface area (Å²) in [4.78, 5) is 12.0. The van der Waals surface area contributed by atoms with Crippen molar-refractivity contribution in [2.24, 2.45) is 5.92 Å². The summed E-state index contributed by atoms with van der Waals surface area (Å²) in [5.74, 6) is 0.324. The van der Waals surface area contributed by atoms with E-state index in [4.69, 9.17) is 0 Å². The number of hydrogen-bond donors (Lipinski definition) is 2. The third-order valence-electron chi connectivity index (χ3n) is 3.49. The van der Waals surface area contributed by atoms with Gasteiger partial charge in [-0.05, 0) is 37.3 Å². The van der Waals surface area contributed by atoms with Crippen LogP contribution in [-0.2, 0) is 0 Å². The molecule has 0 spiro atoms. The molecule has 1 aliphatic rings. The van der Waals surface area contributed by atoms with Crippen LogP contribution in [0, 0.1) is 5.92 Å².